The first-order chi connectivity index (χ1) is 9.73. The average molecular weight is 315 g/mol. The van der Waals surface area contributed by atoms with Gasteiger partial charge < -0.3 is 4.74 Å². The minimum Gasteiger partial charge on any atom is -0.464 e. The molecule has 3 fully saturated rings. The Morgan fingerprint density at radius 1 is 1.25 bits per heavy atom. The van der Waals surface area contributed by atoms with E-state index in [1.807, 2.05) is 30.4 Å². The molecule has 0 radical (unpaired) electrons. The number of carbonyl (C=O) groups is 1. The summed E-state index contributed by atoms with van der Waals surface area (Å²) in [5, 5.41) is 0. The van der Waals surface area contributed by atoms with Gasteiger partial charge >= 0.3 is 5.97 Å². The van der Waals surface area contributed by atoms with Gasteiger partial charge in [-0.05, 0) is 74.7 Å². The quantitative estimate of drug-likeness (QED) is 0.706. The van der Waals surface area contributed by atoms with E-state index in [2.05, 4.69) is 0 Å². The first-order valence-electron chi connectivity index (χ1n) is 8.18. The Bertz CT molecular complexity index is 352. The van der Waals surface area contributed by atoms with Gasteiger partial charge in [0, 0.05) is 0 Å². The fourth-order valence-corrected chi connectivity index (χ4v) is 7.42. The van der Waals surface area contributed by atoms with Crippen LogP contribution in [0.1, 0.15) is 51.9 Å². The van der Waals surface area contributed by atoms with E-state index >= 15 is 0 Å². The van der Waals surface area contributed by atoms with Gasteiger partial charge in [-0.2, -0.15) is 0 Å². The SMILES string of the molecule is CCOC(=O)C1(CCC2C[C@@H]3CC[C@H]2C3)SCCCS1. The third-order valence-electron chi connectivity index (χ3n) is 5.27. The number of hydrogen-bond acceptors (Lipinski definition) is 4. The van der Waals surface area contributed by atoms with Crippen molar-refractivity contribution in [2.24, 2.45) is 17.8 Å². The summed E-state index contributed by atoms with van der Waals surface area (Å²) in [5.41, 5.74) is 0. The molecular formula is C16H26O2S2. The molecule has 114 valence electrons. The number of esters is 1. The topological polar surface area (TPSA) is 26.3 Å². The number of carbonyl (C=O) groups excluding carboxylic acids is 1. The Balaban J connectivity index is 1.59. The molecule has 0 aromatic carbocycles. The Kier molecular flexibility index (Phi) is 4.91. The highest BCUT2D eigenvalue weighted by Crippen LogP contribution is 2.53. The van der Waals surface area contributed by atoms with Gasteiger partial charge in [0.05, 0.1) is 6.61 Å². The van der Waals surface area contributed by atoms with E-state index in [4.69, 9.17) is 4.74 Å². The molecule has 0 amide bonds. The van der Waals surface area contributed by atoms with E-state index in [1.165, 1.54) is 38.5 Å². The maximum atomic E-state index is 12.4. The number of fused-ring (bicyclic) bond motifs is 2. The predicted molar refractivity (Wildman–Crippen MR) is 87.1 cm³/mol. The van der Waals surface area contributed by atoms with Crippen LogP contribution in [0.5, 0.6) is 0 Å². The monoisotopic (exact) mass is 314 g/mol. The molecule has 4 heteroatoms. The zero-order valence-electron chi connectivity index (χ0n) is 12.4. The zero-order chi connectivity index (χ0) is 14.0. The second-order valence-electron chi connectivity index (χ2n) is 6.50. The molecule has 0 spiro atoms. The normalized spacial score (nSPS) is 35.1. The maximum absolute atomic E-state index is 12.4. The summed E-state index contributed by atoms with van der Waals surface area (Å²) in [6.45, 7) is 2.43. The molecule has 0 aromatic rings. The molecule has 2 saturated carbocycles. The van der Waals surface area contributed by atoms with Gasteiger partial charge in [0.25, 0.3) is 0 Å². The molecule has 3 aliphatic rings. The molecule has 3 atom stereocenters. The van der Waals surface area contributed by atoms with Crippen molar-refractivity contribution >= 4 is 29.5 Å². The van der Waals surface area contributed by atoms with Crippen molar-refractivity contribution < 1.29 is 9.53 Å². The first-order valence-corrected chi connectivity index (χ1v) is 10.2. The Morgan fingerprint density at radius 2 is 2.05 bits per heavy atom. The van der Waals surface area contributed by atoms with Gasteiger partial charge in [0.1, 0.15) is 0 Å². The van der Waals surface area contributed by atoms with Crippen LogP contribution >= 0.6 is 23.5 Å². The van der Waals surface area contributed by atoms with Gasteiger partial charge in [0.2, 0.25) is 0 Å². The lowest BCUT2D eigenvalue weighted by Crippen LogP contribution is -2.37. The number of thioether (sulfide) groups is 2. The van der Waals surface area contributed by atoms with E-state index in [-0.39, 0.29) is 10.0 Å². The van der Waals surface area contributed by atoms with Crippen LogP contribution in [0.15, 0.2) is 0 Å². The average Bonchev–Trinajstić information content (AvgIpc) is 3.09. The molecule has 3 rings (SSSR count). The van der Waals surface area contributed by atoms with Crippen molar-refractivity contribution in [3.05, 3.63) is 0 Å². The summed E-state index contributed by atoms with van der Waals surface area (Å²) in [7, 11) is 0. The molecule has 2 bridgehead atoms. The Hall–Kier alpha value is 0.170. The van der Waals surface area contributed by atoms with Crippen LogP contribution in [-0.4, -0.2) is 28.2 Å². The molecule has 1 aliphatic heterocycles. The minimum atomic E-state index is -0.282. The molecule has 1 saturated heterocycles. The lowest BCUT2D eigenvalue weighted by atomic mass is 9.85. The molecule has 2 aliphatic carbocycles. The van der Waals surface area contributed by atoms with Gasteiger partial charge in [-0.3, -0.25) is 0 Å². The van der Waals surface area contributed by atoms with Gasteiger partial charge in [-0.25, -0.2) is 4.79 Å². The van der Waals surface area contributed by atoms with E-state index in [0.29, 0.717) is 6.61 Å². The maximum Gasteiger partial charge on any atom is 0.332 e. The zero-order valence-corrected chi connectivity index (χ0v) is 14.1. The lowest BCUT2D eigenvalue weighted by Gasteiger charge is -2.35. The molecule has 1 heterocycles. The van der Waals surface area contributed by atoms with Crippen molar-refractivity contribution in [3.63, 3.8) is 0 Å². The van der Waals surface area contributed by atoms with E-state index in [9.17, 15) is 4.79 Å². The highest BCUT2D eigenvalue weighted by Gasteiger charge is 2.45. The van der Waals surface area contributed by atoms with Gasteiger partial charge in [-0.15, -0.1) is 23.5 Å². The number of ether oxygens (including phenoxy) is 1. The van der Waals surface area contributed by atoms with Crippen LogP contribution < -0.4 is 0 Å². The lowest BCUT2D eigenvalue weighted by molar-refractivity contribution is -0.143. The van der Waals surface area contributed by atoms with Crippen molar-refractivity contribution in [1.82, 2.24) is 0 Å². The van der Waals surface area contributed by atoms with Crippen LogP contribution in [0.25, 0.3) is 0 Å². The predicted octanol–water partition coefficient (Wildman–Crippen LogP) is 4.33. The standard InChI is InChI=1S/C16H26O2S2/c1-2-18-15(17)16(19-8-3-9-20-16)7-6-14-11-12-4-5-13(14)10-12/h12-14H,2-11H2,1H3/t12-,13+,14?/m1/s1. The summed E-state index contributed by atoms with van der Waals surface area (Å²) in [6, 6.07) is 0. The van der Waals surface area contributed by atoms with Crippen LogP contribution in [0.2, 0.25) is 0 Å². The van der Waals surface area contributed by atoms with Crippen molar-refractivity contribution in [3.8, 4) is 0 Å². The summed E-state index contributed by atoms with van der Waals surface area (Å²) in [4.78, 5) is 12.4. The second kappa shape index (κ2) is 6.51. The third-order valence-corrected chi connectivity index (χ3v) is 8.64. The van der Waals surface area contributed by atoms with E-state index < -0.39 is 0 Å². The first kappa shape index (κ1) is 15.1. The van der Waals surface area contributed by atoms with E-state index in [1.54, 1.807) is 0 Å². The third kappa shape index (κ3) is 3.01. The van der Waals surface area contributed by atoms with Crippen LogP contribution in [0.4, 0.5) is 0 Å². The molecule has 0 aromatic heterocycles. The minimum absolute atomic E-state index is 0.0397. The van der Waals surface area contributed by atoms with Crippen LogP contribution in [-0.2, 0) is 9.53 Å². The number of rotatable bonds is 5. The Labute approximate surface area is 131 Å². The van der Waals surface area contributed by atoms with Crippen molar-refractivity contribution in [2.45, 2.75) is 55.9 Å². The van der Waals surface area contributed by atoms with Crippen LogP contribution in [0.3, 0.4) is 0 Å². The fourth-order valence-electron chi connectivity index (χ4n) is 4.29. The largest absolute Gasteiger partial charge is 0.464 e. The highest BCUT2D eigenvalue weighted by molar-refractivity contribution is 8.19. The smallest absolute Gasteiger partial charge is 0.332 e. The highest BCUT2D eigenvalue weighted by atomic mass is 32.2. The summed E-state index contributed by atoms with van der Waals surface area (Å²) < 4.78 is 5.10. The summed E-state index contributed by atoms with van der Waals surface area (Å²) in [6.07, 6.45) is 9.30. The van der Waals surface area contributed by atoms with Crippen molar-refractivity contribution in [2.75, 3.05) is 18.1 Å². The van der Waals surface area contributed by atoms with E-state index in [0.717, 1.165) is 35.7 Å². The molecular weight excluding hydrogens is 288 g/mol. The second-order valence-corrected chi connectivity index (χ2v) is 9.54. The number of hydrogen-bond donors (Lipinski definition) is 0. The van der Waals surface area contributed by atoms with Crippen molar-refractivity contribution in [1.29, 1.82) is 0 Å². The Morgan fingerprint density at radius 3 is 2.65 bits per heavy atom. The summed E-state index contributed by atoms with van der Waals surface area (Å²) in [5.74, 6) is 5.14. The fraction of sp³-hybridized carbons (Fsp3) is 0.938. The van der Waals surface area contributed by atoms with Crippen LogP contribution in [0, 0.1) is 17.8 Å². The van der Waals surface area contributed by atoms with Gasteiger partial charge in [0.15, 0.2) is 4.08 Å². The summed E-state index contributed by atoms with van der Waals surface area (Å²) >= 11 is 3.70. The molecule has 1 unspecified atom stereocenters. The molecule has 20 heavy (non-hydrogen) atoms. The van der Waals surface area contributed by atoms with Gasteiger partial charge in [-0.1, -0.05) is 6.42 Å². The molecule has 2 nitrogen and oxygen atoms in total. The molecule has 0 N–H and O–H groups in total.